The summed E-state index contributed by atoms with van der Waals surface area (Å²) in [6.45, 7) is 0.504. The Hall–Kier alpha value is -2.24. The predicted molar refractivity (Wildman–Crippen MR) is 95.0 cm³/mol. The van der Waals surface area contributed by atoms with Crippen molar-refractivity contribution in [1.29, 1.82) is 0 Å². The van der Waals surface area contributed by atoms with Crippen molar-refractivity contribution in [2.75, 3.05) is 26.0 Å². The molecule has 0 fully saturated rings. The fourth-order valence-electron chi connectivity index (χ4n) is 2.78. The number of halogens is 2. The van der Waals surface area contributed by atoms with E-state index in [-0.39, 0.29) is 11.9 Å². The zero-order valence-electron chi connectivity index (χ0n) is 13.6. The normalized spacial score (nSPS) is 12.5. The van der Waals surface area contributed by atoms with Gasteiger partial charge in [-0.25, -0.2) is 14.4 Å². The molecule has 4 nitrogen and oxygen atoms in total. The zero-order valence-corrected chi connectivity index (χ0v) is 14.3. The van der Waals surface area contributed by atoms with E-state index in [4.69, 9.17) is 11.6 Å². The molecule has 0 unspecified atom stereocenters. The number of likely N-dealkylation sites (N-methyl/N-ethyl adjacent to an activating group) is 1. The maximum atomic E-state index is 14.3. The predicted octanol–water partition coefficient (Wildman–Crippen LogP) is 2.72. The fourth-order valence-corrected chi connectivity index (χ4v) is 3.08. The average Bonchev–Trinajstić information content (AvgIpc) is 2.57. The number of hydrogen-bond acceptors (Lipinski definition) is 3. The highest BCUT2D eigenvalue weighted by Gasteiger charge is 2.24. The molecule has 0 bridgehead atoms. The first-order valence-electron chi connectivity index (χ1n) is 7.75. The number of nitrogens with zero attached hydrogens (tertiary/aromatic N) is 2. The standard InChI is InChI=1S/C18H18ClFN4/c1-24(2)16(17-13(19)7-5-8-14(17)20)10-21-18-12-6-3-4-9-15(12)22-11-23-18/h3-9,11,16H,10H2,1-2H3,(H,21,22,23)/p+1/t16-/m0/s1. The number of benzene rings is 2. The molecule has 1 aromatic heterocycles. The summed E-state index contributed by atoms with van der Waals surface area (Å²) in [5, 5.41) is 4.70. The van der Waals surface area contributed by atoms with Gasteiger partial charge in [0, 0.05) is 5.39 Å². The van der Waals surface area contributed by atoms with Gasteiger partial charge in [0.1, 0.15) is 24.0 Å². The lowest BCUT2D eigenvalue weighted by Crippen LogP contribution is -3.06. The maximum absolute atomic E-state index is 14.3. The van der Waals surface area contributed by atoms with Gasteiger partial charge in [0.2, 0.25) is 0 Å². The molecule has 0 aliphatic carbocycles. The summed E-state index contributed by atoms with van der Waals surface area (Å²) in [4.78, 5) is 9.65. The molecule has 1 atom stereocenters. The van der Waals surface area contributed by atoms with Crippen molar-refractivity contribution in [2.24, 2.45) is 0 Å². The van der Waals surface area contributed by atoms with E-state index in [1.54, 1.807) is 12.1 Å². The number of hydrogen-bond donors (Lipinski definition) is 2. The smallest absolute Gasteiger partial charge is 0.137 e. The molecule has 2 N–H and O–H groups in total. The van der Waals surface area contributed by atoms with Crippen LogP contribution in [0.25, 0.3) is 10.9 Å². The van der Waals surface area contributed by atoms with E-state index in [0.717, 1.165) is 21.6 Å². The second-order valence-electron chi connectivity index (χ2n) is 5.89. The summed E-state index contributed by atoms with van der Waals surface area (Å²) in [5.41, 5.74) is 1.39. The summed E-state index contributed by atoms with van der Waals surface area (Å²) < 4.78 is 14.3. The van der Waals surface area contributed by atoms with Crippen molar-refractivity contribution < 1.29 is 9.29 Å². The monoisotopic (exact) mass is 345 g/mol. The van der Waals surface area contributed by atoms with Crippen LogP contribution >= 0.6 is 11.6 Å². The molecule has 124 valence electrons. The topological polar surface area (TPSA) is 42.2 Å². The van der Waals surface area contributed by atoms with Gasteiger partial charge in [-0.15, -0.1) is 0 Å². The summed E-state index contributed by atoms with van der Waals surface area (Å²) in [6, 6.07) is 12.4. The van der Waals surface area contributed by atoms with E-state index in [9.17, 15) is 4.39 Å². The number of para-hydroxylation sites is 1. The van der Waals surface area contributed by atoms with Crippen molar-refractivity contribution in [3.8, 4) is 0 Å². The summed E-state index contributed by atoms with van der Waals surface area (Å²) in [5.74, 6) is 0.447. The van der Waals surface area contributed by atoms with Crippen molar-refractivity contribution in [2.45, 2.75) is 6.04 Å². The second kappa shape index (κ2) is 7.11. The van der Waals surface area contributed by atoms with Gasteiger partial charge in [-0.1, -0.05) is 29.8 Å². The van der Waals surface area contributed by atoms with Crippen LogP contribution in [0.3, 0.4) is 0 Å². The number of fused-ring (bicyclic) bond motifs is 1. The minimum Gasteiger partial charge on any atom is -0.363 e. The number of quaternary nitrogens is 1. The van der Waals surface area contributed by atoms with Crippen molar-refractivity contribution in [1.82, 2.24) is 9.97 Å². The van der Waals surface area contributed by atoms with Crippen molar-refractivity contribution in [3.63, 3.8) is 0 Å². The van der Waals surface area contributed by atoms with Gasteiger partial charge in [-0.3, -0.25) is 0 Å². The van der Waals surface area contributed by atoms with E-state index in [0.29, 0.717) is 17.1 Å². The van der Waals surface area contributed by atoms with Crippen molar-refractivity contribution in [3.05, 3.63) is 65.2 Å². The largest absolute Gasteiger partial charge is 0.363 e. The zero-order chi connectivity index (χ0) is 17.1. The molecule has 0 saturated carbocycles. The van der Waals surface area contributed by atoms with Gasteiger partial charge in [-0.2, -0.15) is 0 Å². The highest BCUT2D eigenvalue weighted by molar-refractivity contribution is 6.31. The van der Waals surface area contributed by atoms with Crippen LogP contribution in [0.15, 0.2) is 48.8 Å². The van der Waals surface area contributed by atoms with Gasteiger partial charge in [0.15, 0.2) is 0 Å². The van der Waals surface area contributed by atoms with E-state index in [1.165, 1.54) is 12.4 Å². The lowest BCUT2D eigenvalue weighted by Gasteiger charge is -2.24. The van der Waals surface area contributed by atoms with Gasteiger partial charge >= 0.3 is 0 Å². The minimum absolute atomic E-state index is 0.146. The molecule has 0 radical (unpaired) electrons. The lowest BCUT2D eigenvalue weighted by atomic mass is 10.0. The Bertz CT molecular complexity index is 828. The molecule has 6 heteroatoms. The van der Waals surface area contributed by atoms with Gasteiger partial charge < -0.3 is 10.2 Å². The second-order valence-corrected chi connectivity index (χ2v) is 6.29. The Labute approximate surface area is 145 Å². The summed E-state index contributed by atoms with van der Waals surface area (Å²) >= 11 is 6.24. The van der Waals surface area contributed by atoms with Gasteiger partial charge in [0.25, 0.3) is 0 Å². The van der Waals surface area contributed by atoms with E-state index in [1.807, 2.05) is 38.4 Å². The lowest BCUT2D eigenvalue weighted by molar-refractivity contribution is -0.890. The first-order chi connectivity index (χ1) is 11.6. The van der Waals surface area contributed by atoms with Gasteiger partial charge in [-0.05, 0) is 24.3 Å². The van der Waals surface area contributed by atoms with Crippen LogP contribution in [-0.4, -0.2) is 30.6 Å². The van der Waals surface area contributed by atoms with E-state index >= 15 is 0 Å². The third-order valence-corrected chi connectivity index (χ3v) is 4.39. The molecule has 0 spiro atoms. The number of nitrogens with one attached hydrogen (secondary N) is 2. The third kappa shape index (κ3) is 3.32. The molecule has 24 heavy (non-hydrogen) atoms. The Morgan fingerprint density at radius 2 is 1.92 bits per heavy atom. The Balaban J connectivity index is 1.90. The SMILES string of the molecule is C[NH+](C)[C@@H](CNc1ncnc2ccccc12)c1c(F)cccc1Cl. The molecular weight excluding hydrogens is 327 g/mol. The van der Waals surface area contributed by atoms with Crippen molar-refractivity contribution >= 4 is 28.3 Å². The fraction of sp³-hybridized carbons (Fsp3) is 0.222. The van der Waals surface area contributed by atoms with Crippen LogP contribution in [0, 0.1) is 5.82 Å². The van der Waals surface area contributed by atoms with Crippen LogP contribution in [0.1, 0.15) is 11.6 Å². The summed E-state index contributed by atoms with van der Waals surface area (Å²) in [7, 11) is 3.96. The quantitative estimate of drug-likeness (QED) is 0.747. The molecule has 0 amide bonds. The van der Waals surface area contributed by atoms with E-state index in [2.05, 4.69) is 15.3 Å². The average molecular weight is 346 g/mol. The van der Waals surface area contributed by atoms with Gasteiger partial charge in [0.05, 0.1) is 36.7 Å². The number of rotatable bonds is 5. The highest BCUT2D eigenvalue weighted by Crippen LogP contribution is 2.25. The molecule has 0 saturated heterocycles. The molecule has 0 aliphatic heterocycles. The number of aromatic nitrogens is 2. The van der Waals surface area contributed by atoms with Crippen LogP contribution < -0.4 is 10.2 Å². The van der Waals surface area contributed by atoms with E-state index < -0.39 is 0 Å². The molecule has 3 aromatic rings. The third-order valence-electron chi connectivity index (χ3n) is 4.06. The Kier molecular flexibility index (Phi) is 4.92. The van der Waals surface area contributed by atoms with Crippen LogP contribution in [-0.2, 0) is 0 Å². The highest BCUT2D eigenvalue weighted by atomic mass is 35.5. The molecule has 2 aromatic carbocycles. The molecule has 1 heterocycles. The molecule has 0 aliphatic rings. The Morgan fingerprint density at radius 3 is 2.67 bits per heavy atom. The number of anilines is 1. The minimum atomic E-state index is -0.289. The summed E-state index contributed by atoms with van der Waals surface area (Å²) in [6.07, 6.45) is 1.53. The first kappa shape index (κ1) is 16.6. The molecule has 3 rings (SSSR count). The Morgan fingerprint density at radius 1 is 1.12 bits per heavy atom. The van der Waals surface area contributed by atoms with Crippen LogP contribution in [0.2, 0.25) is 5.02 Å². The maximum Gasteiger partial charge on any atom is 0.137 e. The van der Waals surface area contributed by atoms with Crippen LogP contribution in [0.4, 0.5) is 10.2 Å². The molecular formula is C18H19ClFN4+. The first-order valence-corrected chi connectivity index (χ1v) is 8.13. The van der Waals surface area contributed by atoms with Crippen LogP contribution in [0.5, 0.6) is 0 Å².